The van der Waals surface area contributed by atoms with Gasteiger partial charge < -0.3 is 10.5 Å². The lowest BCUT2D eigenvalue weighted by Crippen LogP contribution is -2.17. The SMILES string of the molecule is CCOC(=O)c1c[nH]nc1C(N)=O. The summed E-state index contributed by atoms with van der Waals surface area (Å²) in [5, 5.41) is 5.89. The third kappa shape index (κ3) is 1.84. The third-order valence-electron chi connectivity index (χ3n) is 1.37. The van der Waals surface area contributed by atoms with Crippen LogP contribution in [0.4, 0.5) is 0 Å². The average Bonchev–Trinajstić information content (AvgIpc) is 2.52. The summed E-state index contributed by atoms with van der Waals surface area (Å²) in [6.07, 6.45) is 1.28. The second kappa shape index (κ2) is 3.70. The van der Waals surface area contributed by atoms with Crippen LogP contribution >= 0.6 is 0 Å². The number of hydrogen-bond donors (Lipinski definition) is 2. The number of rotatable bonds is 3. The van der Waals surface area contributed by atoms with E-state index in [-0.39, 0.29) is 17.9 Å². The van der Waals surface area contributed by atoms with Crippen molar-refractivity contribution in [2.45, 2.75) is 6.92 Å². The summed E-state index contributed by atoms with van der Waals surface area (Å²) in [5.41, 5.74) is 4.93. The van der Waals surface area contributed by atoms with Crippen molar-refractivity contribution < 1.29 is 14.3 Å². The molecule has 6 heteroatoms. The molecule has 3 N–H and O–H groups in total. The number of carbonyl (C=O) groups is 2. The fourth-order valence-electron chi connectivity index (χ4n) is 0.842. The van der Waals surface area contributed by atoms with Gasteiger partial charge in [-0.3, -0.25) is 9.89 Å². The number of nitrogens with zero attached hydrogens (tertiary/aromatic N) is 1. The fourth-order valence-corrected chi connectivity index (χ4v) is 0.842. The summed E-state index contributed by atoms with van der Waals surface area (Å²) in [5.74, 6) is -1.37. The number of aromatic amines is 1. The van der Waals surface area contributed by atoms with E-state index < -0.39 is 11.9 Å². The molecule has 0 aliphatic heterocycles. The van der Waals surface area contributed by atoms with E-state index in [1.165, 1.54) is 6.20 Å². The van der Waals surface area contributed by atoms with E-state index in [2.05, 4.69) is 14.9 Å². The van der Waals surface area contributed by atoms with Gasteiger partial charge >= 0.3 is 5.97 Å². The van der Waals surface area contributed by atoms with E-state index in [9.17, 15) is 9.59 Å². The predicted molar refractivity (Wildman–Crippen MR) is 43.1 cm³/mol. The molecule has 1 aromatic heterocycles. The number of H-pyrrole nitrogens is 1. The Morgan fingerprint density at radius 2 is 2.38 bits per heavy atom. The first kappa shape index (κ1) is 9.24. The Balaban J connectivity index is 2.93. The van der Waals surface area contributed by atoms with Gasteiger partial charge in [0, 0.05) is 6.20 Å². The zero-order valence-corrected chi connectivity index (χ0v) is 7.03. The largest absolute Gasteiger partial charge is 0.462 e. The van der Waals surface area contributed by atoms with Gasteiger partial charge in [-0.05, 0) is 6.92 Å². The fraction of sp³-hybridized carbons (Fsp3) is 0.286. The first-order valence-corrected chi connectivity index (χ1v) is 3.67. The molecule has 0 fully saturated rings. The average molecular weight is 183 g/mol. The van der Waals surface area contributed by atoms with Gasteiger partial charge in [-0.15, -0.1) is 0 Å². The Morgan fingerprint density at radius 1 is 1.69 bits per heavy atom. The number of amides is 1. The minimum atomic E-state index is -0.760. The maximum Gasteiger partial charge on any atom is 0.342 e. The molecule has 0 unspecified atom stereocenters. The topological polar surface area (TPSA) is 98.1 Å². The van der Waals surface area contributed by atoms with Crippen LogP contribution in [0.15, 0.2) is 6.20 Å². The van der Waals surface area contributed by atoms with Crippen LogP contribution in [0.3, 0.4) is 0 Å². The van der Waals surface area contributed by atoms with Gasteiger partial charge in [-0.2, -0.15) is 5.10 Å². The van der Waals surface area contributed by atoms with Crippen molar-refractivity contribution in [3.05, 3.63) is 17.5 Å². The van der Waals surface area contributed by atoms with Gasteiger partial charge in [0.1, 0.15) is 5.56 Å². The van der Waals surface area contributed by atoms with Gasteiger partial charge in [0.05, 0.1) is 6.61 Å². The summed E-state index contributed by atoms with van der Waals surface area (Å²) in [6, 6.07) is 0. The quantitative estimate of drug-likeness (QED) is 0.627. The molecule has 6 nitrogen and oxygen atoms in total. The lowest BCUT2D eigenvalue weighted by Gasteiger charge is -1.98. The number of esters is 1. The van der Waals surface area contributed by atoms with Crippen LogP contribution < -0.4 is 5.73 Å². The van der Waals surface area contributed by atoms with E-state index in [1.54, 1.807) is 6.92 Å². The monoisotopic (exact) mass is 183 g/mol. The molecule has 13 heavy (non-hydrogen) atoms. The summed E-state index contributed by atoms with van der Waals surface area (Å²) in [4.78, 5) is 21.9. The lowest BCUT2D eigenvalue weighted by molar-refractivity contribution is 0.0523. The number of hydrogen-bond acceptors (Lipinski definition) is 4. The van der Waals surface area contributed by atoms with Crippen LogP contribution in [0.25, 0.3) is 0 Å². The molecule has 0 aliphatic rings. The Bertz CT molecular complexity index is 331. The minimum absolute atomic E-state index is 0.0642. The lowest BCUT2D eigenvalue weighted by atomic mass is 10.2. The van der Waals surface area contributed by atoms with Crippen LogP contribution in [0.2, 0.25) is 0 Å². The van der Waals surface area contributed by atoms with E-state index in [0.29, 0.717) is 0 Å². The summed E-state index contributed by atoms with van der Waals surface area (Å²) >= 11 is 0. The molecule has 1 rings (SSSR count). The Kier molecular flexibility index (Phi) is 2.63. The number of nitrogens with one attached hydrogen (secondary N) is 1. The standard InChI is InChI=1S/C7H9N3O3/c1-2-13-7(12)4-3-9-10-5(4)6(8)11/h3H,2H2,1H3,(H2,8,11)(H,9,10). The van der Waals surface area contributed by atoms with Crippen molar-refractivity contribution >= 4 is 11.9 Å². The molecule has 0 atom stereocenters. The minimum Gasteiger partial charge on any atom is -0.462 e. The van der Waals surface area contributed by atoms with E-state index in [1.807, 2.05) is 0 Å². The first-order valence-electron chi connectivity index (χ1n) is 3.67. The van der Waals surface area contributed by atoms with Crippen molar-refractivity contribution in [2.75, 3.05) is 6.61 Å². The molecule has 0 bridgehead atoms. The third-order valence-corrected chi connectivity index (χ3v) is 1.37. The zero-order chi connectivity index (χ0) is 9.84. The Morgan fingerprint density at radius 3 is 2.92 bits per heavy atom. The van der Waals surface area contributed by atoms with Gasteiger partial charge in [0.15, 0.2) is 5.69 Å². The summed E-state index contributed by atoms with van der Waals surface area (Å²) in [6.45, 7) is 1.91. The molecule has 0 spiro atoms. The highest BCUT2D eigenvalue weighted by atomic mass is 16.5. The Labute approximate surface area is 74.1 Å². The number of nitrogens with two attached hydrogens (primary N) is 1. The molecule has 1 amide bonds. The normalized spacial score (nSPS) is 9.62. The van der Waals surface area contributed by atoms with Crippen molar-refractivity contribution in [3.8, 4) is 0 Å². The number of carbonyl (C=O) groups excluding carboxylic acids is 2. The molecule has 1 heterocycles. The second-order valence-electron chi connectivity index (χ2n) is 2.23. The molecule has 1 aromatic rings. The van der Waals surface area contributed by atoms with Crippen LogP contribution in [-0.4, -0.2) is 28.7 Å². The van der Waals surface area contributed by atoms with E-state index >= 15 is 0 Å². The number of primary amides is 1. The predicted octanol–water partition coefficient (Wildman–Crippen LogP) is -0.315. The molecule has 70 valence electrons. The van der Waals surface area contributed by atoms with Crippen molar-refractivity contribution in [2.24, 2.45) is 5.73 Å². The van der Waals surface area contributed by atoms with Crippen molar-refractivity contribution in [1.82, 2.24) is 10.2 Å². The smallest absolute Gasteiger partial charge is 0.342 e. The molecule has 0 saturated carbocycles. The van der Waals surface area contributed by atoms with E-state index in [4.69, 9.17) is 5.73 Å². The molecule has 0 aliphatic carbocycles. The summed E-state index contributed by atoms with van der Waals surface area (Å²) < 4.78 is 4.67. The number of aromatic nitrogens is 2. The van der Waals surface area contributed by atoms with Crippen LogP contribution in [0.5, 0.6) is 0 Å². The highest BCUT2D eigenvalue weighted by Gasteiger charge is 2.18. The molecule has 0 radical (unpaired) electrons. The van der Waals surface area contributed by atoms with Crippen LogP contribution in [0.1, 0.15) is 27.8 Å². The van der Waals surface area contributed by atoms with Gasteiger partial charge in [0.25, 0.3) is 5.91 Å². The van der Waals surface area contributed by atoms with Gasteiger partial charge in [0.2, 0.25) is 0 Å². The highest BCUT2D eigenvalue weighted by molar-refractivity contribution is 6.03. The molecule has 0 saturated heterocycles. The van der Waals surface area contributed by atoms with Crippen LogP contribution in [-0.2, 0) is 4.74 Å². The van der Waals surface area contributed by atoms with E-state index in [0.717, 1.165) is 0 Å². The maximum absolute atomic E-state index is 11.1. The molecule has 0 aromatic carbocycles. The highest BCUT2D eigenvalue weighted by Crippen LogP contribution is 2.05. The molecular weight excluding hydrogens is 174 g/mol. The van der Waals surface area contributed by atoms with Crippen LogP contribution in [0, 0.1) is 0 Å². The van der Waals surface area contributed by atoms with Gasteiger partial charge in [-0.1, -0.05) is 0 Å². The molecular formula is C7H9N3O3. The summed E-state index contributed by atoms with van der Waals surface area (Å²) in [7, 11) is 0. The van der Waals surface area contributed by atoms with Gasteiger partial charge in [-0.25, -0.2) is 4.79 Å². The Hall–Kier alpha value is -1.85. The first-order chi connectivity index (χ1) is 6.16. The van der Waals surface area contributed by atoms with Crippen molar-refractivity contribution in [1.29, 1.82) is 0 Å². The van der Waals surface area contributed by atoms with Crippen molar-refractivity contribution in [3.63, 3.8) is 0 Å². The zero-order valence-electron chi connectivity index (χ0n) is 7.03. The number of ether oxygens (including phenoxy) is 1. The second-order valence-corrected chi connectivity index (χ2v) is 2.23. The maximum atomic E-state index is 11.1.